The van der Waals surface area contributed by atoms with Crippen molar-refractivity contribution in [3.8, 4) is 0 Å². The fraction of sp³-hybridized carbons (Fsp3) is 0.429. The maximum absolute atomic E-state index is 11.1. The second kappa shape index (κ2) is 1.84. The zero-order valence-electron chi connectivity index (χ0n) is 5.70. The second-order valence-corrected chi connectivity index (χ2v) is 2.62. The van der Waals surface area contributed by atoms with Crippen molar-refractivity contribution in [1.82, 2.24) is 0 Å². The van der Waals surface area contributed by atoms with Crippen molar-refractivity contribution in [2.24, 2.45) is 0 Å². The number of carbonyl (C=O) groups is 2. The molecule has 0 aliphatic carbocycles. The van der Waals surface area contributed by atoms with Gasteiger partial charge in [-0.3, -0.25) is 9.59 Å². The van der Waals surface area contributed by atoms with E-state index < -0.39 is 5.60 Å². The van der Waals surface area contributed by atoms with Crippen LogP contribution in [-0.4, -0.2) is 24.0 Å². The lowest BCUT2D eigenvalue weighted by Crippen LogP contribution is -2.36. The van der Waals surface area contributed by atoms with E-state index >= 15 is 0 Å². The number of cyclic esters (lactones) is 1. The fourth-order valence-corrected chi connectivity index (χ4v) is 1.20. The average Bonchev–Trinajstić information content (AvgIpc) is 2.46. The highest BCUT2D eigenvalue weighted by Crippen LogP contribution is 2.29. The molecule has 0 radical (unpaired) electrons. The van der Waals surface area contributed by atoms with Crippen LogP contribution in [0.3, 0.4) is 0 Å². The van der Waals surface area contributed by atoms with Crippen molar-refractivity contribution in [2.45, 2.75) is 12.0 Å². The molecular weight excluding hydrogens is 148 g/mol. The van der Waals surface area contributed by atoms with Gasteiger partial charge in [0.15, 0.2) is 0 Å². The van der Waals surface area contributed by atoms with Crippen LogP contribution in [0.4, 0.5) is 0 Å². The molecule has 1 spiro atoms. The van der Waals surface area contributed by atoms with E-state index in [4.69, 9.17) is 4.74 Å². The molecule has 0 N–H and O–H groups in total. The lowest BCUT2D eigenvalue weighted by molar-refractivity contribution is -0.137. The Bertz CT molecular complexity index is 255. The van der Waals surface area contributed by atoms with E-state index in [1.165, 1.54) is 12.3 Å². The largest absolute Gasteiger partial charge is 0.482 e. The Morgan fingerprint density at radius 3 is 2.73 bits per heavy atom. The first kappa shape index (κ1) is 6.39. The van der Waals surface area contributed by atoms with Gasteiger partial charge in [-0.2, -0.15) is 0 Å². The number of hydrogen-bond donors (Lipinski definition) is 0. The van der Waals surface area contributed by atoms with Gasteiger partial charge in [-0.05, 0) is 0 Å². The Hall–Kier alpha value is -1.32. The molecule has 2 aliphatic rings. The molecule has 0 saturated carbocycles. The Balaban J connectivity index is 2.25. The predicted molar refractivity (Wildman–Crippen MR) is 33.5 cm³/mol. The van der Waals surface area contributed by atoms with Gasteiger partial charge >= 0.3 is 5.97 Å². The third-order valence-electron chi connectivity index (χ3n) is 1.86. The Morgan fingerprint density at radius 2 is 2.27 bits per heavy atom. The minimum absolute atomic E-state index is 0.0405. The van der Waals surface area contributed by atoms with Crippen LogP contribution in [-0.2, 0) is 19.1 Å². The number of esters is 1. The number of hydrogen-bond acceptors (Lipinski definition) is 4. The number of carbonyl (C=O) groups excluding carboxylic acids is 2. The van der Waals surface area contributed by atoms with Gasteiger partial charge in [-0.1, -0.05) is 0 Å². The normalized spacial score (nSPS) is 34.5. The fourth-order valence-electron chi connectivity index (χ4n) is 1.20. The molecule has 4 heteroatoms. The molecule has 0 bridgehead atoms. The topological polar surface area (TPSA) is 52.6 Å². The Labute approximate surface area is 62.8 Å². The first-order chi connectivity index (χ1) is 5.23. The van der Waals surface area contributed by atoms with Gasteiger partial charge in [-0.15, -0.1) is 0 Å². The van der Waals surface area contributed by atoms with Gasteiger partial charge in [-0.25, -0.2) is 0 Å². The summed E-state index contributed by atoms with van der Waals surface area (Å²) in [6, 6.07) is 0. The van der Waals surface area contributed by atoms with Gasteiger partial charge in [0.1, 0.15) is 6.61 Å². The summed E-state index contributed by atoms with van der Waals surface area (Å²) in [4.78, 5) is 21.8. The lowest BCUT2D eigenvalue weighted by Gasteiger charge is -2.15. The molecule has 4 nitrogen and oxygen atoms in total. The van der Waals surface area contributed by atoms with Crippen LogP contribution in [0.2, 0.25) is 0 Å². The van der Waals surface area contributed by atoms with Gasteiger partial charge in [0.25, 0.3) is 0 Å². The van der Waals surface area contributed by atoms with E-state index in [-0.39, 0.29) is 24.8 Å². The zero-order valence-corrected chi connectivity index (χ0v) is 5.70. The van der Waals surface area contributed by atoms with Crippen LogP contribution < -0.4 is 0 Å². The molecule has 2 aliphatic heterocycles. The van der Waals surface area contributed by atoms with E-state index in [0.29, 0.717) is 0 Å². The second-order valence-electron chi connectivity index (χ2n) is 2.62. The summed E-state index contributed by atoms with van der Waals surface area (Å²) in [5.41, 5.74) is -1.00. The van der Waals surface area contributed by atoms with Gasteiger partial charge in [0.2, 0.25) is 11.4 Å². The number of ketones is 1. The molecule has 2 heterocycles. The molecule has 1 atom stereocenters. The summed E-state index contributed by atoms with van der Waals surface area (Å²) >= 11 is 0. The van der Waals surface area contributed by atoms with E-state index in [2.05, 4.69) is 4.74 Å². The highest BCUT2D eigenvalue weighted by Gasteiger charge is 2.49. The van der Waals surface area contributed by atoms with Crippen LogP contribution in [0.25, 0.3) is 0 Å². The van der Waals surface area contributed by atoms with Gasteiger partial charge in [0, 0.05) is 6.08 Å². The number of rotatable bonds is 0. The van der Waals surface area contributed by atoms with Crippen LogP contribution >= 0.6 is 0 Å². The van der Waals surface area contributed by atoms with Crippen molar-refractivity contribution in [2.75, 3.05) is 6.61 Å². The number of ether oxygens (including phenoxy) is 2. The third-order valence-corrected chi connectivity index (χ3v) is 1.86. The summed E-state index contributed by atoms with van der Waals surface area (Å²) in [6.45, 7) is 0.0532. The molecular formula is C7H6O4. The molecule has 0 amide bonds. The van der Waals surface area contributed by atoms with Crippen LogP contribution in [0.1, 0.15) is 6.42 Å². The summed E-state index contributed by atoms with van der Waals surface area (Å²) in [5, 5.41) is 0. The lowest BCUT2D eigenvalue weighted by atomic mass is 9.99. The summed E-state index contributed by atoms with van der Waals surface area (Å²) in [7, 11) is 0. The molecule has 58 valence electrons. The molecule has 0 aromatic heterocycles. The van der Waals surface area contributed by atoms with Gasteiger partial charge < -0.3 is 9.47 Å². The summed E-state index contributed by atoms with van der Waals surface area (Å²) in [6.07, 6.45) is 2.67. The standard InChI is InChI=1S/C7H6O4/c8-5-1-2-11-7(5)3-6(9)10-4-7/h1-2H,3-4H2/t7-/m1/s1. The van der Waals surface area contributed by atoms with Crippen LogP contribution in [0, 0.1) is 0 Å². The molecule has 0 aromatic carbocycles. The van der Waals surface area contributed by atoms with Crippen LogP contribution in [0.5, 0.6) is 0 Å². The molecule has 1 fully saturated rings. The molecule has 0 unspecified atom stereocenters. The maximum Gasteiger partial charge on any atom is 0.310 e. The molecule has 11 heavy (non-hydrogen) atoms. The van der Waals surface area contributed by atoms with E-state index in [1.807, 2.05) is 0 Å². The predicted octanol–water partition coefficient (Wildman–Crippen LogP) is -0.215. The Morgan fingerprint density at radius 1 is 1.45 bits per heavy atom. The van der Waals surface area contributed by atoms with Crippen molar-refractivity contribution in [3.63, 3.8) is 0 Å². The first-order valence-electron chi connectivity index (χ1n) is 3.27. The third kappa shape index (κ3) is 0.753. The van der Waals surface area contributed by atoms with Crippen LogP contribution in [0.15, 0.2) is 12.3 Å². The van der Waals surface area contributed by atoms with Crippen molar-refractivity contribution < 1.29 is 19.1 Å². The van der Waals surface area contributed by atoms with Crippen molar-refractivity contribution in [3.05, 3.63) is 12.3 Å². The minimum atomic E-state index is -1.00. The quantitative estimate of drug-likeness (QED) is 0.453. The van der Waals surface area contributed by atoms with Crippen molar-refractivity contribution in [1.29, 1.82) is 0 Å². The van der Waals surface area contributed by atoms with E-state index in [1.54, 1.807) is 0 Å². The molecule has 2 rings (SSSR count). The highest BCUT2D eigenvalue weighted by molar-refractivity contribution is 6.02. The first-order valence-corrected chi connectivity index (χ1v) is 3.27. The molecule has 1 saturated heterocycles. The minimum Gasteiger partial charge on any atom is -0.482 e. The monoisotopic (exact) mass is 154 g/mol. The van der Waals surface area contributed by atoms with Gasteiger partial charge in [0.05, 0.1) is 12.7 Å². The molecule has 0 aromatic rings. The summed E-state index contributed by atoms with van der Waals surface area (Å²) in [5.74, 6) is -0.551. The van der Waals surface area contributed by atoms with E-state index in [0.717, 1.165) is 0 Å². The summed E-state index contributed by atoms with van der Waals surface area (Å²) < 4.78 is 9.64. The van der Waals surface area contributed by atoms with Crippen molar-refractivity contribution >= 4 is 11.8 Å². The highest BCUT2D eigenvalue weighted by atomic mass is 16.6. The smallest absolute Gasteiger partial charge is 0.310 e. The average molecular weight is 154 g/mol. The maximum atomic E-state index is 11.1. The zero-order chi connectivity index (χ0) is 7.90. The Kier molecular flexibility index (Phi) is 1.07. The SMILES string of the molecule is O=C1C[C@]2(CO1)OC=CC2=O. The van der Waals surface area contributed by atoms with E-state index in [9.17, 15) is 9.59 Å².